The summed E-state index contributed by atoms with van der Waals surface area (Å²) in [5.41, 5.74) is 0.243. The van der Waals surface area contributed by atoms with Gasteiger partial charge in [0.2, 0.25) is 0 Å². The fraction of sp³-hybridized carbons (Fsp3) is 0.345. The third-order valence-electron chi connectivity index (χ3n) is 7.42. The third-order valence-corrected chi connectivity index (χ3v) is 7.42. The zero-order valence-electron chi connectivity index (χ0n) is 24.5. The van der Waals surface area contributed by atoms with Crippen LogP contribution in [0.15, 0.2) is 52.3 Å². The van der Waals surface area contributed by atoms with Crippen molar-refractivity contribution in [1.82, 2.24) is 23.8 Å². The number of ether oxygens (including phenoxy) is 1. The molecule has 4 rings (SSSR count). The van der Waals surface area contributed by atoms with Crippen molar-refractivity contribution in [2.45, 2.75) is 44.9 Å². The molecule has 0 saturated carbocycles. The number of alkyl halides is 3. The van der Waals surface area contributed by atoms with Gasteiger partial charge >= 0.3 is 17.8 Å². The Morgan fingerprint density at radius 2 is 1.80 bits per heavy atom. The molecule has 2 atom stereocenters. The number of rotatable bonds is 9. The average Bonchev–Trinajstić information content (AvgIpc) is 3.48. The van der Waals surface area contributed by atoms with Gasteiger partial charge in [0.1, 0.15) is 23.5 Å². The zero-order valence-corrected chi connectivity index (χ0v) is 24.5. The Kier molecular flexibility index (Phi) is 8.97. The number of aromatic nitrogens is 4. The summed E-state index contributed by atoms with van der Waals surface area (Å²) in [5, 5.41) is 4.64. The predicted octanol–water partition coefficient (Wildman–Crippen LogP) is 3.11. The van der Waals surface area contributed by atoms with Crippen LogP contribution in [0.25, 0.3) is 16.8 Å². The second kappa shape index (κ2) is 12.3. The van der Waals surface area contributed by atoms with Gasteiger partial charge in [0, 0.05) is 55.5 Å². The van der Waals surface area contributed by atoms with E-state index in [2.05, 4.69) is 15.6 Å². The standard InChI is InChI=1S/C29H30F4N6O5/c1-6-22(29(31,32)33)35-16-7-9-18(20(30)13-16)25(40)36-21(27(42)44-5)14-17-8-10-19(24-34-11-12-39(17)24)23-15(2)37(3)28(43)38(4)26(23)41/h7-13,21-22,35H,6,14H2,1-5H3,(H,36,40)/t21-,22+/m0/s1. The van der Waals surface area contributed by atoms with Crippen LogP contribution in [0.1, 0.15) is 35.1 Å². The fourth-order valence-corrected chi connectivity index (χ4v) is 4.87. The number of benzene rings is 1. The van der Waals surface area contributed by atoms with E-state index in [1.165, 1.54) is 24.7 Å². The molecule has 1 amide bonds. The van der Waals surface area contributed by atoms with Crippen LogP contribution in [0.2, 0.25) is 0 Å². The van der Waals surface area contributed by atoms with E-state index >= 15 is 0 Å². The molecule has 44 heavy (non-hydrogen) atoms. The van der Waals surface area contributed by atoms with Crippen LogP contribution in [0.4, 0.5) is 23.2 Å². The summed E-state index contributed by atoms with van der Waals surface area (Å²) in [7, 11) is 4.02. The number of fused-ring (bicyclic) bond motifs is 1. The Labute approximate surface area is 248 Å². The molecule has 0 aliphatic heterocycles. The molecular formula is C29H30F4N6O5. The number of nitrogens with zero attached hydrogens (tertiary/aromatic N) is 4. The molecule has 0 unspecified atom stereocenters. The minimum atomic E-state index is -4.55. The van der Waals surface area contributed by atoms with Crippen LogP contribution < -0.4 is 21.9 Å². The summed E-state index contributed by atoms with van der Waals surface area (Å²) >= 11 is 0. The van der Waals surface area contributed by atoms with E-state index < -0.39 is 52.8 Å². The Morgan fingerprint density at radius 1 is 1.09 bits per heavy atom. The first-order chi connectivity index (χ1) is 20.7. The van der Waals surface area contributed by atoms with Gasteiger partial charge in [-0.3, -0.25) is 14.2 Å². The second-order valence-electron chi connectivity index (χ2n) is 10.1. The summed E-state index contributed by atoms with van der Waals surface area (Å²) in [5.74, 6) is -2.92. The first-order valence-electron chi connectivity index (χ1n) is 13.4. The van der Waals surface area contributed by atoms with Gasteiger partial charge in [-0.05, 0) is 43.7 Å². The number of anilines is 1. The first kappa shape index (κ1) is 32.0. The van der Waals surface area contributed by atoms with Crippen molar-refractivity contribution in [2.24, 2.45) is 14.1 Å². The molecule has 0 bridgehead atoms. The van der Waals surface area contributed by atoms with Crippen molar-refractivity contribution < 1.29 is 31.9 Å². The van der Waals surface area contributed by atoms with Crippen LogP contribution in [-0.4, -0.2) is 55.8 Å². The van der Waals surface area contributed by atoms with Crippen molar-refractivity contribution in [1.29, 1.82) is 0 Å². The van der Waals surface area contributed by atoms with E-state index in [4.69, 9.17) is 4.74 Å². The van der Waals surface area contributed by atoms with Crippen molar-refractivity contribution >= 4 is 23.2 Å². The van der Waals surface area contributed by atoms with Crippen LogP contribution >= 0.6 is 0 Å². The molecule has 3 heterocycles. The largest absolute Gasteiger partial charge is 0.467 e. The molecule has 0 aliphatic rings. The highest BCUT2D eigenvalue weighted by molar-refractivity contribution is 5.97. The Bertz CT molecular complexity index is 1860. The van der Waals surface area contributed by atoms with Gasteiger partial charge in [-0.2, -0.15) is 13.2 Å². The van der Waals surface area contributed by atoms with Crippen LogP contribution in [0.3, 0.4) is 0 Å². The molecule has 1 aromatic carbocycles. The summed E-state index contributed by atoms with van der Waals surface area (Å²) in [6.07, 6.45) is -1.92. The van der Waals surface area contributed by atoms with Gasteiger partial charge in [0.15, 0.2) is 0 Å². The molecule has 0 spiro atoms. The number of esters is 1. The van der Waals surface area contributed by atoms with E-state index in [9.17, 15) is 36.7 Å². The maximum Gasteiger partial charge on any atom is 0.408 e. The molecule has 0 radical (unpaired) electrons. The molecular weight excluding hydrogens is 588 g/mol. The molecule has 0 saturated heterocycles. The van der Waals surface area contributed by atoms with E-state index in [-0.39, 0.29) is 24.1 Å². The summed E-state index contributed by atoms with van der Waals surface area (Å²) in [6, 6.07) is 2.94. The number of nitrogens with one attached hydrogen (secondary N) is 2. The quantitative estimate of drug-likeness (QED) is 0.218. The minimum absolute atomic E-state index is 0.138. The average molecular weight is 619 g/mol. The summed E-state index contributed by atoms with van der Waals surface area (Å²) in [6.45, 7) is 2.96. The summed E-state index contributed by atoms with van der Waals surface area (Å²) < 4.78 is 63.0. The Hall–Kier alpha value is -4.95. The van der Waals surface area contributed by atoms with Gasteiger partial charge in [0.05, 0.1) is 18.2 Å². The van der Waals surface area contributed by atoms with Crippen molar-refractivity contribution in [3.8, 4) is 11.1 Å². The predicted molar refractivity (Wildman–Crippen MR) is 153 cm³/mol. The highest BCUT2D eigenvalue weighted by atomic mass is 19.4. The number of amides is 1. The van der Waals surface area contributed by atoms with Gasteiger partial charge in [0.25, 0.3) is 11.5 Å². The monoisotopic (exact) mass is 618 g/mol. The van der Waals surface area contributed by atoms with Crippen molar-refractivity contribution in [2.75, 3.05) is 12.4 Å². The topological polar surface area (TPSA) is 129 Å². The Balaban J connectivity index is 1.64. The fourth-order valence-electron chi connectivity index (χ4n) is 4.87. The number of hydrogen-bond acceptors (Lipinski definition) is 7. The van der Waals surface area contributed by atoms with Gasteiger partial charge < -0.3 is 24.3 Å². The highest BCUT2D eigenvalue weighted by Gasteiger charge is 2.38. The number of halogens is 4. The van der Waals surface area contributed by atoms with Crippen LogP contribution in [0, 0.1) is 12.7 Å². The van der Waals surface area contributed by atoms with Gasteiger partial charge in [-0.15, -0.1) is 0 Å². The lowest BCUT2D eigenvalue weighted by atomic mass is 10.0. The maximum absolute atomic E-state index is 14.9. The van der Waals surface area contributed by atoms with Crippen molar-refractivity contribution in [3.63, 3.8) is 0 Å². The number of carbonyl (C=O) groups excluding carboxylic acids is 2. The van der Waals surface area contributed by atoms with Crippen LogP contribution in [0.5, 0.6) is 0 Å². The first-order valence-corrected chi connectivity index (χ1v) is 13.4. The van der Waals surface area contributed by atoms with E-state index in [0.717, 1.165) is 29.9 Å². The third kappa shape index (κ3) is 6.07. The van der Waals surface area contributed by atoms with E-state index in [1.807, 2.05) is 0 Å². The SMILES string of the molecule is CC[C@@H](Nc1ccc(C(=O)N[C@@H](Cc2ccc(-c3c(C)n(C)c(=O)n(C)c3=O)c3nccn23)C(=O)OC)c(F)c1)C(F)(F)F. The number of imidazole rings is 1. The Morgan fingerprint density at radius 3 is 2.41 bits per heavy atom. The number of hydrogen-bond donors (Lipinski definition) is 2. The van der Waals surface area contributed by atoms with E-state index in [1.54, 1.807) is 36.7 Å². The smallest absolute Gasteiger partial charge is 0.408 e. The molecule has 15 heteroatoms. The number of carbonyl (C=O) groups is 2. The molecule has 2 N–H and O–H groups in total. The summed E-state index contributed by atoms with van der Waals surface area (Å²) in [4.78, 5) is 55.5. The lowest BCUT2D eigenvalue weighted by Crippen LogP contribution is -2.43. The van der Waals surface area contributed by atoms with Gasteiger partial charge in [-0.25, -0.2) is 19.0 Å². The second-order valence-corrected chi connectivity index (χ2v) is 10.1. The van der Waals surface area contributed by atoms with Gasteiger partial charge in [-0.1, -0.05) is 6.92 Å². The molecule has 0 aliphatic carbocycles. The number of methoxy groups -OCH3 is 1. The van der Waals surface area contributed by atoms with Crippen LogP contribution in [-0.2, 0) is 30.0 Å². The minimum Gasteiger partial charge on any atom is -0.467 e. The maximum atomic E-state index is 14.9. The zero-order chi connectivity index (χ0) is 32.5. The molecule has 11 nitrogen and oxygen atoms in total. The lowest BCUT2D eigenvalue weighted by molar-refractivity contribution is -0.143. The molecule has 0 fully saturated rings. The normalized spacial score (nSPS) is 13.0. The van der Waals surface area contributed by atoms with Crippen molar-refractivity contribution in [3.05, 3.63) is 86.3 Å². The highest BCUT2D eigenvalue weighted by Crippen LogP contribution is 2.27. The molecule has 3 aromatic heterocycles. The number of pyridine rings is 1. The molecule has 4 aromatic rings. The van der Waals surface area contributed by atoms with E-state index in [0.29, 0.717) is 22.6 Å². The lowest BCUT2D eigenvalue weighted by Gasteiger charge is -2.21. The molecule has 234 valence electrons.